The lowest BCUT2D eigenvalue weighted by molar-refractivity contribution is -0.186. The molecule has 1 saturated heterocycles. The highest BCUT2D eigenvalue weighted by molar-refractivity contribution is 6.30. The SMILES string of the molecule is CCc1ccccc1-n1nc(OC2CCC3(CC2)OCCO3)cc1-c1ccc(Cl)cc1. The van der Waals surface area contributed by atoms with Crippen LogP contribution in [0, 0.1) is 0 Å². The molecular formula is C25H27ClN2O3. The van der Waals surface area contributed by atoms with Crippen LogP contribution in [0.25, 0.3) is 16.9 Å². The Morgan fingerprint density at radius 3 is 2.48 bits per heavy atom. The predicted molar refractivity (Wildman–Crippen MR) is 121 cm³/mol. The Kier molecular flexibility index (Phi) is 5.74. The highest BCUT2D eigenvalue weighted by Gasteiger charge is 2.41. The Balaban J connectivity index is 1.44. The smallest absolute Gasteiger partial charge is 0.234 e. The Morgan fingerprint density at radius 2 is 1.77 bits per heavy atom. The minimum atomic E-state index is -0.381. The Bertz CT molecular complexity index is 1030. The zero-order valence-corrected chi connectivity index (χ0v) is 18.5. The maximum absolute atomic E-state index is 6.35. The summed E-state index contributed by atoms with van der Waals surface area (Å²) < 4.78 is 20.0. The number of aromatic nitrogens is 2. The van der Waals surface area contributed by atoms with E-state index in [9.17, 15) is 0 Å². The van der Waals surface area contributed by atoms with E-state index in [1.807, 2.05) is 41.1 Å². The van der Waals surface area contributed by atoms with Crippen molar-refractivity contribution in [2.75, 3.05) is 13.2 Å². The lowest BCUT2D eigenvalue weighted by Gasteiger charge is -2.34. The molecule has 5 nitrogen and oxygen atoms in total. The summed E-state index contributed by atoms with van der Waals surface area (Å²) in [6.45, 7) is 3.54. The molecule has 2 heterocycles. The second-order valence-electron chi connectivity index (χ2n) is 8.19. The van der Waals surface area contributed by atoms with Gasteiger partial charge in [0.05, 0.1) is 24.6 Å². The van der Waals surface area contributed by atoms with Crippen molar-refractivity contribution >= 4 is 11.6 Å². The standard InChI is InChI=1S/C25H27ClN2O3/c1-2-18-5-3-4-6-22(18)28-23(19-7-9-20(26)10-8-19)17-24(27-28)31-21-11-13-25(14-12-21)29-15-16-30-25/h3-10,17,21H,2,11-16H2,1H3. The molecule has 0 amide bonds. The summed E-state index contributed by atoms with van der Waals surface area (Å²) in [7, 11) is 0. The van der Waals surface area contributed by atoms with Gasteiger partial charge >= 0.3 is 0 Å². The molecule has 1 aliphatic carbocycles. The van der Waals surface area contributed by atoms with E-state index in [0.717, 1.165) is 49.0 Å². The second-order valence-corrected chi connectivity index (χ2v) is 8.63. The topological polar surface area (TPSA) is 45.5 Å². The number of hydrogen-bond acceptors (Lipinski definition) is 4. The monoisotopic (exact) mass is 438 g/mol. The Morgan fingerprint density at radius 1 is 1.06 bits per heavy atom. The van der Waals surface area contributed by atoms with Crippen LogP contribution in [0.2, 0.25) is 5.02 Å². The van der Waals surface area contributed by atoms with E-state index >= 15 is 0 Å². The molecule has 1 saturated carbocycles. The molecule has 2 aromatic carbocycles. The molecule has 0 atom stereocenters. The first-order valence-electron chi connectivity index (χ1n) is 11.0. The van der Waals surface area contributed by atoms with Crippen molar-refractivity contribution < 1.29 is 14.2 Å². The van der Waals surface area contributed by atoms with Gasteiger partial charge in [-0.05, 0) is 43.0 Å². The third kappa shape index (κ3) is 4.22. The van der Waals surface area contributed by atoms with Crippen LogP contribution in [0.5, 0.6) is 5.88 Å². The molecule has 1 aliphatic heterocycles. The van der Waals surface area contributed by atoms with Crippen LogP contribution in [-0.2, 0) is 15.9 Å². The van der Waals surface area contributed by atoms with Gasteiger partial charge in [-0.15, -0.1) is 5.10 Å². The molecule has 5 rings (SSSR count). The summed E-state index contributed by atoms with van der Waals surface area (Å²) in [6.07, 6.45) is 4.56. The molecular weight excluding hydrogens is 412 g/mol. The molecule has 31 heavy (non-hydrogen) atoms. The molecule has 0 unspecified atom stereocenters. The van der Waals surface area contributed by atoms with E-state index in [1.54, 1.807) is 0 Å². The number of aryl methyl sites for hydroxylation is 1. The van der Waals surface area contributed by atoms with Gasteiger partial charge in [0.2, 0.25) is 5.88 Å². The Hall–Kier alpha value is -2.34. The Labute approximate surface area is 187 Å². The molecule has 2 aliphatic rings. The fourth-order valence-electron chi connectivity index (χ4n) is 4.55. The molecule has 1 aromatic heterocycles. The summed E-state index contributed by atoms with van der Waals surface area (Å²) in [5.74, 6) is 0.262. The molecule has 6 heteroatoms. The number of halogens is 1. The molecule has 2 fully saturated rings. The van der Waals surface area contributed by atoms with Gasteiger partial charge in [0, 0.05) is 29.5 Å². The average Bonchev–Trinajstić information content (AvgIpc) is 3.43. The summed E-state index contributed by atoms with van der Waals surface area (Å²) in [4.78, 5) is 0. The molecule has 1 spiro atoms. The van der Waals surface area contributed by atoms with E-state index in [2.05, 4.69) is 25.1 Å². The molecule has 162 valence electrons. The summed E-state index contributed by atoms with van der Waals surface area (Å²) >= 11 is 6.12. The molecule has 0 N–H and O–H groups in total. The van der Waals surface area contributed by atoms with Crippen LogP contribution < -0.4 is 4.74 Å². The van der Waals surface area contributed by atoms with E-state index < -0.39 is 0 Å². The van der Waals surface area contributed by atoms with E-state index in [1.165, 1.54) is 5.56 Å². The molecule has 0 radical (unpaired) electrons. The normalized spacial score (nSPS) is 18.5. The molecule has 0 bridgehead atoms. The number of ether oxygens (including phenoxy) is 3. The van der Waals surface area contributed by atoms with E-state index in [4.69, 9.17) is 30.9 Å². The number of hydrogen-bond donors (Lipinski definition) is 0. The number of benzene rings is 2. The predicted octanol–water partition coefficient (Wildman–Crippen LogP) is 5.82. The van der Waals surface area contributed by atoms with Crippen molar-refractivity contribution in [3.63, 3.8) is 0 Å². The minimum absolute atomic E-state index is 0.112. The third-order valence-electron chi connectivity index (χ3n) is 6.22. The van der Waals surface area contributed by atoms with Crippen LogP contribution in [0.3, 0.4) is 0 Å². The second kappa shape index (κ2) is 8.65. The summed E-state index contributed by atoms with van der Waals surface area (Å²) in [6, 6.07) is 18.2. The van der Waals surface area contributed by atoms with Gasteiger partial charge in [0.1, 0.15) is 6.10 Å². The highest BCUT2D eigenvalue weighted by Crippen LogP contribution is 2.37. The van der Waals surface area contributed by atoms with Crippen LogP contribution in [-0.4, -0.2) is 34.9 Å². The quantitative estimate of drug-likeness (QED) is 0.503. The lowest BCUT2D eigenvalue weighted by atomic mass is 9.92. The number of nitrogens with zero attached hydrogens (tertiary/aromatic N) is 2. The van der Waals surface area contributed by atoms with Crippen molar-refractivity contribution in [2.24, 2.45) is 0 Å². The van der Waals surface area contributed by atoms with Crippen LogP contribution in [0.4, 0.5) is 0 Å². The maximum atomic E-state index is 6.35. The minimum Gasteiger partial charge on any atom is -0.473 e. The van der Waals surface area contributed by atoms with Crippen LogP contribution in [0.15, 0.2) is 54.6 Å². The van der Waals surface area contributed by atoms with Crippen molar-refractivity contribution in [3.8, 4) is 22.8 Å². The van der Waals surface area contributed by atoms with Crippen LogP contribution in [0.1, 0.15) is 38.2 Å². The van der Waals surface area contributed by atoms with Gasteiger partial charge in [-0.2, -0.15) is 0 Å². The zero-order chi connectivity index (χ0) is 21.3. The van der Waals surface area contributed by atoms with Crippen molar-refractivity contribution in [2.45, 2.75) is 50.9 Å². The van der Waals surface area contributed by atoms with Crippen molar-refractivity contribution in [1.82, 2.24) is 9.78 Å². The van der Waals surface area contributed by atoms with Crippen LogP contribution >= 0.6 is 11.6 Å². The lowest BCUT2D eigenvalue weighted by Crippen LogP contribution is -2.38. The first kappa shape index (κ1) is 20.6. The van der Waals surface area contributed by atoms with Crippen molar-refractivity contribution in [3.05, 3.63) is 65.2 Å². The largest absolute Gasteiger partial charge is 0.473 e. The fraction of sp³-hybridized carbons (Fsp3) is 0.400. The first-order chi connectivity index (χ1) is 15.2. The average molecular weight is 439 g/mol. The zero-order valence-electron chi connectivity index (χ0n) is 17.7. The van der Waals surface area contributed by atoms with Gasteiger partial charge in [0.25, 0.3) is 0 Å². The maximum Gasteiger partial charge on any atom is 0.234 e. The van der Waals surface area contributed by atoms with Crippen molar-refractivity contribution in [1.29, 1.82) is 0 Å². The fourth-order valence-corrected chi connectivity index (χ4v) is 4.67. The number of para-hydroxylation sites is 1. The third-order valence-corrected chi connectivity index (χ3v) is 6.48. The molecule has 3 aromatic rings. The summed E-state index contributed by atoms with van der Waals surface area (Å²) in [5, 5.41) is 5.59. The van der Waals surface area contributed by atoms with Gasteiger partial charge < -0.3 is 14.2 Å². The number of rotatable bonds is 5. The van der Waals surface area contributed by atoms with Gasteiger partial charge in [0.15, 0.2) is 5.79 Å². The first-order valence-corrected chi connectivity index (χ1v) is 11.4. The van der Waals surface area contributed by atoms with Gasteiger partial charge in [-0.25, -0.2) is 4.68 Å². The highest BCUT2D eigenvalue weighted by atomic mass is 35.5. The summed E-state index contributed by atoms with van der Waals surface area (Å²) in [5.41, 5.74) is 4.35. The van der Waals surface area contributed by atoms with Gasteiger partial charge in [-0.1, -0.05) is 48.9 Å². The van der Waals surface area contributed by atoms with E-state index in [-0.39, 0.29) is 11.9 Å². The van der Waals surface area contributed by atoms with E-state index in [0.29, 0.717) is 24.1 Å². The van der Waals surface area contributed by atoms with Gasteiger partial charge in [-0.3, -0.25) is 0 Å².